The molecule has 1 rings (SSSR count). The fraction of sp³-hybridized carbons (Fsp3) is 0.692. The van der Waals surface area contributed by atoms with Gasteiger partial charge in [0.2, 0.25) is 0 Å². The molecule has 7 heteroatoms. The first-order valence-electron chi connectivity index (χ1n) is 6.75. The van der Waals surface area contributed by atoms with E-state index in [0.29, 0.717) is 18.9 Å². The lowest BCUT2D eigenvalue weighted by atomic mass is 10.4. The number of anilines is 1. The second kappa shape index (κ2) is 7.54. The minimum Gasteiger partial charge on any atom is -0.370 e. The van der Waals surface area contributed by atoms with Gasteiger partial charge < -0.3 is 5.32 Å². The Morgan fingerprint density at radius 2 is 2.05 bits per heavy atom. The maximum absolute atomic E-state index is 11.1. The molecular formula is C13H24N4O2S. The van der Waals surface area contributed by atoms with Crippen molar-refractivity contribution in [2.45, 2.75) is 26.8 Å². The average molecular weight is 300 g/mol. The van der Waals surface area contributed by atoms with Crippen LogP contribution in [0.1, 0.15) is 24.9 Å². The Kier molecular flexibility index (Phi) is 6.35. The fourth-order valence-electron chi connectivity index (χ4n) is 1.69. The SMILES string of the molecule is CCCNc1cc(C)nc(CN(C)CCS(C)(=O)=O)n1. The number of nitrogens with one attached hydrogen (secondary N) is 1. The van der Waals surface area contributed by atoms with Gasteiger partial charge in [-0.25, -0.2) is 18.4 Å². The molecule has 1 aromatic heterocycles. The molecule has 0 saturated carbocycles. The highest BCUT2D eigenvalue weighted by Gasteiger charge is 2.09. The summed E-state index contributed by atoms with van der Waals surface area (Å²) < 4.78 is 22.3. The van der Waals surface area contributed by atoms with Gasteiger partial charge >= 0.3 is 0 Å². The van der Waals surface area contributed by atoms with Crippen LogP contribution in [0.4, 0.5) is 5.82 Å². The zero-order valence-electron chi connectivity index (χ0n) is 12.7. The van der Waals surface area contributed by atoms with Crippen LogP contribution < -0.4 is 5.32 Å². The fourth-order valence-corrected chi connectivity index (χ4v) is 2.33. The van der Waals surface area contributed by atoms with Crippen LogP contribution in [0.2, 0.25) is 0 Å². The Bertz CT molecular complexity index is 531. The molecule has 0 fully saturated rings. The van der Waals surface area contributed by atoms with Crippen molar-refractivity contribution >= 4 is 15.7 Å². The van der Waals surface area contributed by atoms with Crippen LogP contribution in [0.3, 0.4) is 0 Å². The van der Waals surface area contributed by atoms with Gasteiger partial charge in [-0.2, -0.15) is 0 Å². The van der Waals surface area contributed by atoms with Crippen molar-refractivity contribution in [1.82, 2.24) is 14.9 Å². The first kappa shape index (κ1) is 16.8. The van der Waals surface area contributed by atoms with E-state index in [1.54, 1.807) is 0 Å². The van der Waals surface area contributed by atoms with E-state index in [2.05, 4.69) is 22.2 Å². The van der Waals surface area contributed by atoms with Crippen molar-refractivity contribution in [2.24, 2.45) is 0 Å². The highest BCUT2D eigenvalue weighted by Crippen LogP contribution is 2.07. The van der Waals surface area contributed by atoms with E-state index < -0.39 is 9.84 Å². The van der Waals surface area contributed by atoms with Crippen molar-refractivity contribution in [3.05, 3.63) is 17.6 Å². The molecule has 0 saturated heterocycles. The molecule has 0 atom stereocenters. The zero-order valence-corrected chi connectivity index (χ0v) is 13.5. The smallest absolute Gasteiger partial charge is 0.148 e. The summed E-state index contributed by atoms with van der Waals surface area (Å²) in [6.45, 7) is 5.92. The van der Waals surface area contributed by atoms with E-state index in [4.69, 9.17) is 0 Å². The van der Waals surface area contributed by atoms with Crippen LogP contribution in [-0.4, -0.2) is 55.4 Å². The highest BCUT2D eigenvalue weighted by molar-refractivity contribution is 7.90. The molecular weight excluding hydrogens is 276 g/mol. The van der Waals surface area contributed by atoms with Crippen molar-refractivity contribution in [2.75, 3.05) is 37.5 Å². The summed E-state index contributed by atoms with van der Waals surface area (Å²) >= 11 is 0. The second-order valence-electron chi connectivity index (χ2n) is 5.11. The Hall–Kier alpha value is -1.21. The molecule has 1 heterocycles. The van der Waals surface area contributed by atoms with Crippen LogP contribution >= 0.6 is 0 Å². The lowest BCUT2D eigenvalue weighted by Gasteiger charge is -2.16. The number of sulfone groups is 1. The van der Waals surface area contributed by atoms with Gasteiger partial charge in [0.25, 0.3) is 0 Å². The summed E-state index contributed by atoms with van der Waals surface area (Å²) in [5, 5.41) is 3.24. The summed E-state index contributed by atoms with van der Waals surface area (Å²) in [5.74, 6) is 1.68. The summed E-state index contributed by atoms with van der Waals surface area (Å²) in [4.78, 5) is 10.7. The third-order valence-corrected chi connectivity index (χ3v) is 3.64. The van der Waals surface area contributed by atoms with E-state index in [9.17, 15) is 8.42 Å². The quantitative estimate of drug-likeness (QED) is 0.774. The Morgan fingerprint density at radius 1 is 1.35 bits per heavy atom. The van der Waals surface area contributed by atoms with Gasteiger partial charge in [0, 0.05) is 31.1 Å². The molecule has 0 aliphatic rings. The number of hydrogen-bond acceptors (Lipinski definition) is 6. The van der Waals surface area contributed by atoms with Crippen molar-refractivity contribution in [3.63, 3.8) is 0 Å². The molecule has 0 aliphatic heterocycles. The molecule has 0 radical (unpaired) electrons. The normalized spacial score (nSPS) is 11.8. The molecule has 6 nitrogen and oxygen atoms in total. The first-order valence-corrected chi connectivity index (χ1v) is 8.81. The molecule has 0 amide bonds. The van der Waals surface area contributed by atoms with E-state index in [1.807, 2.05) is 24.9 Å². The van der Waals surface area contributed by atoms with Gasteiger partial charge in [-0.3, -0.25) is 4.90 Å². The maximum Gasteiger partial charge on any atom is 0.148 e. The van der Waals surface area contributed by atoms with Gasteiger partial charge in [-0.15, -0.1) is 0 Å². The van der Waals surface area contributed by atoms with E-state index in [0.717, 1.165) is 24.5 Å². The van der Waals surface area contributed by atoms with Crippen LogP contribution in [0.5, 0.6) is 0 Å². The first-order chi connectivity index (χ1) is 9.30. The van der Waals surface area contributed by atoms with Crippen LogP contribution in [0, 0.1) is 6.92 Å². The summed E-state index contributed by atoms with van der Waals surface area (Å²) in [7, 11) is -1.06. The molecule has 1 aromatic rings. The van der Waals surface area contributed by atoms with Crippen molar-refractivity contribution < 1.29 is 8.42 Å². The van der Waals surface area contributed by atoms with Gasteiger partial charge in [-0.05, 0) is 20.4 Å². The Labute approximate surface area is 121 Å². The number of aromatic nitrogens is 2. The van der Waals surface area contributed by atoms with Crippen molar-refractivity contribution in [3.8, 4) is 0 Å². The van der Waals surface area contributed by atoms with E-state index in [-0.39, 0.29) is 5.75 Å². The molecule has 114 valence electrons. The third-order valence-electron chi connectivity index (χ3n) is 2.71. The molecule has 0 spiro atoms. The maximum atomic E-state index is 11.1. The highest BCUT2D eigenvalue weighted by atomic mass is 32.2. The molecule has 0 aliphatic carbocycles. The van der Waals surface area contributed by atoms with Gasteiger partial charge in [0.1, 0.15) is 21.5 Å². The largest absolute Gasteiger partial charge is 0.370 e. The Balaban J connectivity index is 2.64. The number of rotatable bonds is 8. The predicted octanol–water partition coefficient (Wildman–Crippen LogP) is 1.08. The summed E-state index contributed by atoms with van der Waals surface area (Å²) in [5.41, 5.74) is 0.908. The number of nitrogens with zero attached hydrogens (tertiary/aromatic N) is 3. The lowest BCUT2D eigenvalue weighted by molar-refractivity contribution is 0.336. The minimum absolute atomic E-state index is 0.149. The minimum atomic E-state index is -2.93. The van der Waals surface area contributed by atoms with Crippen LogP contribution in [0.15, 0.2) is 6.07 Å². The topological polar surface area (TPSA) is 75.2 Å². The number of hydrogen-bond donors (Lipinski definition) is 1. The molecule has 1 N–H and O–H groups in total. The van der Waals surface area contributed by atoms with Crippen LogP contribution in [0.25, 0.3) is 0 Å². The molecule has 0 bridgehead atoms. The zero-order chi connectivity index (χ0) is 15.2. The summed E-state index contributed by atoms with van der Waals surface area (Å²) in [6.07, 6.45) is 2.28. The van der Waals surface area contributed by atoms with E-state index in [1.165, 1.54) is 6.26 Å². The lowest BCUT2D eigenvalue weighted by Crippen LogP contribution is -2.26. The standard InChI is InChI=1S/C13H24N4O2S/c1-5-6-14-12-9-11(2)15-13(16-12)10-17(3)7-8-20(4,18)19/h9H,5-8,10H2,1-4H3,(H,14,15,16). The summed E-state index contributed by atoms with van der Waals surface area (Å²) in [6, 6.07) is 1.91. The monoisotopic (exact) mass is 300 g/mol. The molecule has 20 heavy (non-hydrogen) atoms. The molecule has 0 unspecified atom stereocenters. The van der Waals surface area contributed by atoms with E-state index >= 15 is 0 Å². The van der Waals surface area contributed by atoms with Crippen LogP contribution in [-0.2, 0) is 16.4 Å². The molecule has 0 aromatic carbocycles. The third kappa shape index (κ3) is 6.81. The predicted molar refractivity (Wildman–Crippen MR) is 81.6 cm³/mol. The van der Waals surface area contributed by atoms with Gasteiger partial charge in [0.05, 0.1) is 12.3 Å². The van der Waals surface area contributed by atoms with Gasteiger partial charge in [0.15, 0.2) is 0 Å². The Morgan fingerprint density at radius 3 is 2.65 bits per heavy atom. The van der Waals surface area contributed by atoms with Gasteiger partial charge in [-0.1, -0.05) is 6.92 Å². The average Bonchev–Trinajstić information content (AvgIpc) is 2.32. The second-order valence-corrected chi connectivity index (χ2v) is 7.36. The van der Waals surface area contributed by atoms with Crippen molar-refractivity contribution in [1.29, 1.82) is 0 Å². The number of aryl methyl sites for hydroxylation is 1.